The van der Waals surface area contributed by atoms with Crippen LogP contribution in [-0.2, 0) is 4.74 Å². The standard InChI is InChI=1S/C24H45NO/c1-4-7-10-12-14-16-18-23(22-25)21-24(19-9-6-3)26-20-17-15-13-11-8-5-2/h16-18,20,22,24H,4-15,19,21,25H2,1-3H3. The fraction of sp³-hybridized carbons (Fsp3) is 0.750. The van der Waals surface area contributed by atoms with Crippen LogP contribution in [-0.4, -0.2) is 6.10 Å². The lowest BCUT2D eigenvalue weighted by Gasteiger charge is -2.17. The molecule has 0 spiro atoms. The zero-order valence-corrected chi connectivity index (χ0v) is 17.8. The van der Waals surface area contributed by atoms with Crippen LogP contribution in [0, 0.1) is 0 Å². The largest absolute Gasteiger partial charge is 0.498 e. The Morgan fingerprint density at radius 3 is 2.00 bits per heavy atom. The third kappa shape index (κ3) is 16.3. The third-order valence-electron chi connectivity index (χ3n) is 4.70. The quantitative estimate of drug-likeness (QED) is 0.153. The highest BCUT2D eigenvalue weighted by atomic mass is 16.5. The van der Waals surface area contributed by atoms with E-state index in [9.17, 15) is 0 Å². The predicted octanol–water partition coefficient (Wildman–Crippen LogP) is 7.81. The van der Waals surface area contributed by atoms with Crippen LogP contribution in [0.3, 0.4) is 0 Å². The molecule has 0 fully saturated rings. The Hall–Kier alpha value is -1.18. The maximum absolute atomic E-state index is 6.03. The first kappa shape index (κ1) is 24.8. The van der Waals surface area contributed by atoms with Gasteiger partial charge >= 0.3 is 0 Å². The van der Waals surface area contributed by atoms with Gasteiger partial charge in [-0.3, -0.25) is 0 Å². The lowest BCUT2D eigenvalue weighted by molar-refractivity contribution is 0.133. The van der Waals surface area contributed by atoms with Crippen molar-refractivity contribution in [1.82, 2.24) is 0 Å². The molecular weight excluding hydrogens is 318 g/mol. The van der Waals surface area contributed by atoms with Crippen LogP contribution < -0.4 is 5.73 Å². The molecule has 0 radical (unpaired) electrons. The molecule has 0 aromatic heterocycles. The summed E-state index contributed by atoms with van der Waals surface area (Å²) in [6.07, 6.45) is 27.7. The molecule has 0 aromatic carbocycles. The summed E-state index contributed by atoms with van der Waals surface area (Å²) in [5, 5.41) is 0. The van der Waals surface area contributed by atoms with Crippen molar-refractivity contribution in [3.05, 3.63) is 36.3 Å². The number of ether oxygens (including phenoxy) is 1. The molecule has 1 atom stereocenters. The van der Waals surface area contributed by atoms with Gasteiger partial charge in [-0.05, 0) is 50.0 Å². The van der Waals surface area contributed by atoms with E-state index in [2.05, 4.69) is 39.0 Å². The summed E-state index contributed by atoms with van der Waals surface area (Å²) < 4.78 is 6.03. The molecule has 152 valence electrons. The van der Waals surface area contributed by atoms with Gasteiger partial charge in [-0.2, -0.15) is 0 Å². The average Bonchev–Trinajstić information content (AvgIpc) is 2.66. The van der Waals surface area contributed by atoms with E-state index in [1.54, 1.807) is 6.20 Å². The SMILES string of the molecule is CCCCCCC=COC(CCCC)CC(C=CCCCCCC)=CN. The zero-order chi connectivity index (χ0) is 19.3. The Morgan fingerprint density at radius 2 is 1.42 bits per heavy atom. The van der Waals surface area contributed by atoms with Crippen molar-refractivity contribution >= 4 is 0 Å². The first-order valence-corrected chi connectivity index (χ1v) is 11.2. The van der Waals surface area contributed by atoms with Crippen LogP contribution in [0.5, 0.6) is 0 Å². The summed E-state index contributed by atoms with van der Waals surface area (Å²) in [6, 6.07) is 0. The van der Waals surface area contributed by atoms with Gasteiger partial charge in [0.1, 0.15) is 6.10 Å². The van der Waals surface area contributed by atoms with Crippen LogP contribution in [0.25, 0.3) is 0 Å². The molecule has 0 heterocycles. The van der Waals surface area contributed by atoms with E-state index in [1.807, 2.05) is 6.26 Å². The maximum atomic E-state index is 6.03. The Kier molecular flexibility index (Phi) is 19.2. The smallest absolute Gasteiger partial charge is 0.102 e. The highest BCUT2D eigenvalue weighted by Crippen LogP contribution is 2.17. The van der Waals surface area contributed by atoms with Crippen LogP contribution in [0.2, 0.25) is 0 Å². The van der Waals surface area contributed by atoms with Crippen LogP contribution in [0.4, 0.5) is 0 Å². The minimum absolute atomic E-state index is 0.237. The number of nitrogens with two attached hydrogens (primary N) is 1. The first-order valence-electron chi connectivity index (χ1n) is 11.2. The predicted molar refractivity (Wildman–Crippen MR) is 117 cm³/mol. The summed E-state index contributed by atoms with van der Waals surface area (Å²) in [5.74, 6) is 0. The molecular formula is C24H45NO. The average molecular weight is 364 g/mol. The van der Waals surface area contributed by atoms with Crippen molar-refractivity contribution in [2.45, 2.75) is 117 Å². The van der Waals surface area contributed by atoms with Crippen LogP contribution in [0.15, 0.2) is 36.3 Å². The summed E-state index contributed by atoms with van der Waals surface area (Å²) in [5.41, 5.74) is 7.04. The van der Waals surface area contributed by atoms with E-state index in [-0.39, 0.29) is 6.10 Å². The minimum Gasteiger partial charge on any atom is -0.498 e. The highest BCUT2D eigenvalue weighted by molar-refractivity contribution is 5.18. The molecule has 0 saturated heterocycles. The van der Waals surface area contributed by atoms with Gasteiger partial charge in [0.15, 0.2) is 0 Å². The second kappa shape index (κ2) is 20.1. The first-order chi connectivity index (χ1) is 12.8. The Labute approximate surface area is 164 Å². The van der Waals surface area contributed by atoms with Crippen molar-refractivity contribution < 1.29 is 4.74 Å². The monoisotopic (exact) mass is 363 g/mol. The number of unbranched alkanes of at least 4 members (excludes halogenated alkanes) is 9. The minimum atomic E-state index is 0.237. The van der Waals surface area contributed by atoms with Crippen molar-refractivity contribution in [2.24, 2.45) is 5.73 Å². The molecule has 0 bridgehead atoms. The van der Waals surface area contributed by atoms with Gasteiger partial charge in [-0.15, -0.1) is 0 Å². The number of hydrogen-bond acceptors (Lipinski definition) is 2. The third-order valence-corrected chi connectivity index (χ3v) is 4.70. The van der Waals surface area contributed by atoms with Gasteiger partial charge in [-0.1, -0.05) is 84.3 Å². The summed E-state index contributed by atoms with van der Waals surface area (Å²) >= 11 is 0. The molecule has 0 amide bonds. The van der Waals surface area contributed by atoms with Crippen LogP contribution in [0.1, 0.15) is 111 Å². The van der Waals surface area contributed by atoms with Crippen LogP contribution >= 0.6 is 0 Å². The number of allylic oxidation sites excluding steroid dienone is 3. The molecule has 0 saturated carbocycles. The van der Waals surface area contributed by atoms with E-state index in [0.717, 1.165) is 25.7 Å². The second-order valence-corrected chi connectivity index (χ2v) is 7.32. The summed E-state index contributed by atoms with van der Waals surface area (Å²) in [4.78, 5) is 0. The molecule has 0 aliphatic heterocycles. The molecule has 26 heavy (non-hydrogen) atoms. The van der Waals surface area contributed by atoms with Gasteiger partial charge in [0.2, 0.25) is 0 Å². The molecule has 1 unspecified atom stereocenters. The molecule has 2 nitrogen and oxygen atoms in total. The summed E-state index contributed by atoms with van der Waals surface area (Å²) in [7, 11) is 0. The van der Waals surface area contributed by atoms with Crippen molar-refractivity contribution in [1.29, 1.82) is 0 Å². The molecule has 0 aliphatic carbocycles. The molecule has 2 N–H and O–H groups in total. The number of rotatable bonds is 18. The lowest BCUT2D eigenvalue weighted by atomic mass is 10.0. The van der Waals surface area contributed by atoms with E-state index >= 15 is 0 Å². The molecule has 0 aromatic rings. The van der Waals surface area contributed by atoms with Gasteiger partial charge in [0, 0.05) is 6.42 Å². The molecule has 0 aliphatic rings. The fourth-order valence-electron chi connectivity index (χ4n) is 2.95. The Balaban J connectivity index is 4.25. The Bertz CT molecular complexity index is 370. The Morgan fingerprint density at radius 1 is 0.808 bits per heavy atom. The second-order valence-electron chi connectivity index (χ2n) is 7.32. The van der Waals surface area contributed by atoms with E-state index in [0.29, 0.717) is 0 Å². The van der Waals surface area contributed by atoms with E-state index < -0.39 is 0 Å². The number of hydrogen-bond donors (Lipinski definition) is 1. The van der Waals surface area contributed by atoms with Crippen molar-refractivity contribution in [3.63, 3.8) is 0 Å². The van der Waals surface area contributed by atoms with E-state index in [1.165, 1.54) is 69.8 Å². The normalized spacial score (nSPS) is 13.7. The molecule has 2 heteroatoms. The lowest BCUT2D eigenvalue weighted by Crippen LogP contribution is -2.11. The van der Waals surface area contributed by atoms with Gasteiger partial charge in [-0.25, -0.2) is 0 Å². The fourth-order valence-corrected chi connectivity index (χ4v) is 2.95. The zero-order valence-electron chi connectivity index (χ0n) is 17.8. The topological polar surface area (TPSA) is 35.2 Å². The van der Waals surface area contributed by atoms with Crippen molar-refractivity contribution in [3.8, 4) is 0 Å². The van der Waals surface area contributed by atoms with Crippen molar-refractivity contribution in [2.75, 3.05) is 0 Å². The maximum Gasteiger partial charge on any atom is 0.102 e. The summed E-state index contributed by atoms with van der Waals surface area (Å²) in [6.45, 7) is 6.73. The highest BCUT2D eigenvalue weighted by Gasteiger charge is 2.09. The molecule has 0 rings (SSSR count). The van der Waals surface area contributed by atoms with Gasteiger partial charge < -0.3 is 10.5 Å². The van der Waals surface area contributed by atoms with E-state index in [4.69, 9.17) is 10.5 Å². The van der Waals surface area contributed by atoms with Gasteiger partial charge in [0.25, 0.3) is 0 Å². The van der Waals surface area contributed by atoms with Gasteiger partial charge in [0.05, 0.1) is 6.26 Å².